The highest BCUT2D eigenvalue weighted by molar-refractivity contribution is 5.96. The molecule has 0 saturated carbocycles. The Balaban J connectivity index is 2.15. The normalized spacial score (nSPS) is 15.3. The number of benzene rings is 1. The molecule has 1 aromatic carbocycles. The van der Waals surface area contributed by atoms with Gasteiger partial charge >= 0.3 is 0 Å². The summed E-state index contributed by atoms with van der Waals surface area (Å²) in [5.74, 6) is 5.21. The average Bonchev–Trinajstić information content (AvgIpc) is 2.46. The lowest BCUT2D eigenvalue weighted by Gasteiger charge is -2.27. The average molecular weight is 274 g/mol. The highest BCUT2D eigenvalue weighted by atomic mass is 16.5. The van der Waals surface area contributed by atoms with Gasteiger partial charge in [0.1, 0.15) is 6.61 Å². The minimum Gasteiger partial charge on any atom is -0.384 e. The molecule has 1 aromatic rings. The Hall–Kier alpha value is -1.87. The smallest absolute Gasteiger partial charge is 0.266 e. The number of hydrazine groups is 1. The zero-order valence-electron chi connectivity index (χ0n) is 11.5. The van der Waals surface area contributed by atoms with Gasteiger partial charge in [-0.1, -0.05) is 17.9 Å². The summed E-state index contributed by atoms with van der Waals surface area (Å²) in [5, 5.41) is 10.6. The molecular weight excluding hydrogens is 256 g/mol. The lowest BCUT2D eigenvalue weighted by Crippen LogP contribution is -2.48. The molecule has 0 radical (unpaired) electrons. The van der Waals surface area contributed by atoms with Crippen LogP contribution >= 0.6 is 0 Å². The number of rotatable bonds is 2. The highest BCUT2D eigenvalue weighted by Gasteiger charge is 2.16. The number of morpholine rings is 1. The molecule has 1 heterocycles. The van der Waals surface area contributed by atoms with Crippen LogP contribution in [0, 0.1) is 18.8 Å². The Labute approximate surface area is 118 Å². The molecule has 0 spiro atoms. The van der Waals surface area contributed by atoms with E-state index in [-0.39, 0.29) is 12.5 Å². The SMILES string of the molecule is Cc1ccc(C(=O)NN2CCOCC2)c(C#CCO)c1. The van der Waals surface area contributed by atoms with Crippen molar-refractivity contribution in [1.82, 2.24) is 10.4 Å². The molecule has 1 saturated heterocycles. The molecule has 2 N–H and O–H groups in total. The quantitative estimate of drug-likeness (QED) is 0.762. The minimum atomic E-state index is -0.224. The molecular formula is C15H18N2O3. The van der Waals surface area contributed by atoms with Crippen LogP contribution in [-0.2, 0) is 4.74 Å². The molecule has 1 aliphatic heterocycles. The van der Waals surface area contributed by atoms with Crippen LogP contribution in [0.5, 0.6) is 0 Å². The lowest BCUT2D eigenvalue weighted by molar-refractivity contribution is 0.0126. The van der Waals surface area contributed by atoms with Crippen molar-refractivity contribution < 1.29 is 14.6 Å². The molecule has 106 valence electrons. The summed E-state index contributed by atoms with van der Waals surface area (Å²) in [6.07, 6.45) is 0. The number of hydrogen-bond donors (Lipinski definition) is 2. The number of aliphatic hydroxyl groups excluding tert-OH is 1. The van der Waals surface area contributed by atoms with E-state index in [0.717, 1.165) is 5.56 Å². The lowest BCUT2D eigenvalue weighted by atomic mass is 10.0. The van der Waals surface area contributed by atoms with E-state index in [0.29, 0.717) is 37.4 Å². The third kappa shape index (κ3) is 3.81. The fourth-order valence-electron chi connectivity index (χ4n) is 1.97. The molecule has 1 fully saturated rings. The van der Waals surface area contributed by atoms with Gasteiger partial charge in [-0.15, -0.1) is 0 Å². The zero-order valence-corrected chi connectivity index (χ0v) is 11.5. The predicted molar refractivity (Wildman–Crippen MR) is 75.0 cm³/mol. The van der Waals surface area contributed by atoms with E-state index in [1.54, 1.807) is 6.07 Å². The van der Waals surface area contributed by atoms with Crippen LogP contribution in [0.4, 0.5) is 0 Å². The molecule has 5 nitrogen and oxygen atoms in total. The number of nitrogens with one attached hydrogen (secondary N) is 1. The topological polar surface area (TPSA) is 61.8 Å². The molecule has 5 heteroatoms. The van der Waals surface area contributed by atoms with E-state index < -0.39 is 0 Å². The van der Waals surface area contributed by atoms with Crippen molar-refractivity contribution in [2.45, 2.75) is 6.92 Å². The fourth-order valence-corrected chi connectivity index (χ4v) is 1.97. The van der Waals surface area contributed by atoms with Gasteiger partial charge in [0, 0.05) is 18.7 Å². The summed E-state index contributed by atoms with van der Waals surface area (Å²) in [6.45, 7) is 4.30. The summed E-state index contributed by atoms with van der Waals surface area (Å²) in [6, 6.07) is 5.47. The Morgan fingerprint density at radius 2 is 2.20 bits per heavy atom. The van der Waals surface area contributed by atoms with Crippen LogP contribution < -0.4 is 5.43 Å². The van der Waals surface area contributed by atoms with Crippen molar-refractivity contribution in [3.8, 4) is 11.8 Å². The van der Waals surface area contributed by atoms with Crippen LogP contribution in [0.15, 0.2) is 18.2 Å². The number of aliphatic hydroxyl groups is 1. The summed E-state index contributed by atoms with van der Waals surface area (Å²) >= 11 is 0. The van der Waals surface area contributed by atoms with Gasteiger partial charge in [0.2, 0.25) is 0 Å². The van der Waals surface area contributed by atoms with Crippen molar-refractivity contribution >= 4 is 5.91 Å². The largest absolute Gasteiger partial charge is 0.384 e. The van der Waals surface area contributed by atoms with Crippen molar-refractivity contribution in [2.24, 2.45) is 0 Å². The van der Waals surface area contributed by atoms with E-state index in [1.165, 1.54) is 0 Å². The zero-order chi connectivity index (χ0) is 14.4. The first-order valence-corrected chi connectivity index (χ1v) is 6.55. The summed E-state index contributed by atoms with van der Waals surface area (Å²) in [4.78, 5) is 12.3. The number of amides is 1. The second-order valence-electron chi connectivity index (χ2n) is 4.55. The third-order valence-electron chi connectivity index (χ3n) is 2.99. The summed E-state index contributed by atoms with van der Waals surface area (Å²) in [5.41, 5.74) is 5.03. The number of hydrogen-bond acceptors (Lipinski definition) is 4. The van der Waals surface area contributed by atoms with E-state index in [4.69, 9.17) is 9.84 Å². The maximum absolute atomic E-state index is 12.3. The number of ether oxygens (including phenoxy) is 1. The molecule has 0 aliphatic carbocycles. The predicted octanol–water partition coefficient (Wildman–Crippen LogP) is 0.316. The fraction of sp³-hybridized carbons (Fsp3) is 0.400. The van der Waals surface area contributed by atoms with Crippen molar-refractivity contribution in [2.75, 3.05) is 32.9 Å². The maximum atomic E-state index is 12.3. The van der Waals surface area contributed by atoms with E-state index in [9.17, 15) is 4.79 Å². The van der Waals surface area contributed by atoms with Gasteiger partial charge in [-0.05, 0) is 24.6 Å². The van der Waals surface area contributed by atoms with Crippen LogP contribution in [0.2, 0.25) is 0 Å². The van der Waals surface area contributed by atoms with Gasteiger partial charge in [0.25, 0.3) is 5.91 Å². The van der Waals surface area contributed by atoms with Crippen LogP contribution in [-0.4, -0.2) is 48.9 Å². The third-order valence-corrected chi connectivity index (χ3v) is 2.99. The standard InChI is InChI=1S/C15H18N2O3/c1-12-4-5-14(13(11-12)3-2-8-18)15(19)16-17-6-9-20-10-7-17/h4-5,11,18H,6-10H2,1H3,(H,16,19). The minimum absolute atomic E-state index is 0.186. The molecule has 0 bridgehead atoms. The van der Waals surface area contributed by atoms with Gasteiger partial charge in [0.05, 0.1) is 18.8 Å². The molecule has 2 rings (SSSR count). The van der Waals surface area contributed by atoms with E-state index in [2.05, 4.69) is 17.3 Å². The number of carbonyl (C=O) groups excluding carboxylic acids is 1. The first kappa shape index (κ1) is 14.5. The second kappa shape index (κ2) is 7.06. The van der Waals surface area contributed by atoms with Gasteiger partial charge in [0.15, 0.2) is 0 Å². The van der Waals surface area contributed by atoms with E-state index in [1.807, 2.05) is 24.1 Å². The van der Waals surface area contributed by atoms with Crippen molar-refractivity contribution in [3.05, 3.63) is 34.9 Å². The van der Waals surface area contributed by atoms with E-state index >= 15 is 0 Å². The van der Waals surface area contributed by atoms with Gasteiger partial charge in [-0.2, -0.15) is 0 Å². The maximum Gasteiger partial charge on any atom is 0.266 e. The molecule has 0 atom stereocenters. The Bertz CT molecular complexity index is 540. The Kier molecular flexibility index (Phi) is 5.13. The highest BCUT2D eigenvalue weighted by Crippen LogP contribution is 2.11. The van der Waals surface area contributed by atoms with Crippen LogP contribution in [0.1, 0.15) is 21.5 Å². The monoisotopic (exact) mass is 274 g/mol. The van der Waals surface area contributed by atoms with Gasteiger partial charge in [-0.3, -0.25) is 10.2 Å². The first-order chi connectivity index (χ1) is 9.70. The number of aryl methyl sites for hydroxylation is 1. The second-order valence-corrected chi connectivity index (χ2v) is 4.55. The first-order valence-electron chi connectivity index (χ1n) is 6.55. The summed E-state index contributed by atoms with van der Waals surface area (Å²) in [7, 11) is 0. The molecule has 0 aromatic heterocycles. The molecule has 0 unspecified atom stereocenters. The number of nitrogens with zero attached hydrogens (tertiary/aromatic N) is 1. The Morgan fingerprint density at radius 3 is 2.90 bits per heavy atom. The number of carbonyl (C=O) groups is 1. The van der Waals surface area contributed by atoms with Crippen LogP contribution in [0.25, 0.3) is 0 Å². The summed E-state index contributed by atoms with van der Waals surface area (Å²) < 4.78 is 5.24. The molecule has 20 heavy (non-hydrogen) atoms. The Morgan fingerprint density at radius 1 is 1.45 bits per heavy atom. The van der Waals surface area contributed by atoms with Gasteiger partial charge in [-0.25, -0.2) is 5.01 Å². The van der Waals surface area contributed by atoms with Crippen LogP contribution in [0.3, 0.4) is 0 Å². The van der Waals surface area contributed by atoms with Crippen molar-refractivity contribution in [3.63, 3.8) is 0 Å². The van der Waals surface area contributed by atoms with Crippen molar-refractivity contribution in [1.29, 1.82) is 0 Å². The molecule has 1 aliphatic rings. The molecule has 1 amide bonds. The van der Waals surface area contributed by atoms with Gasteiger partial charge < -0.3 is 9.84 Å².